The number of aromatic hydroxyl groups is 3. The molecule has 188 valence electrons. The largest absolute Gasteiger partial charge is 0.508 e. The van der Waals surface area contributed by atoms with Crippen molar-refractivity contribution < 1.29 is 24.4 Å². The molecule has 0 amide bonds. The topological polar surface area (TPSA) is 87.0 Å². The molecule has 6 heteroatoms. The minimum atomic E-state index is -3.95. The molecule has 0 spiro atoms. The number of hydrogen-bond donors (Lipinski definition) is 3. The molecule has 3 N–H and O–H groups in total. The Morgan fingerprint density at radius 2 is 1.16 bits per heavy atom. The van der Waals surface area contributed by atoms with Crippen LogP contribution in [-0.4, -0.2) is 15.3 Å². The van der Waals surface area contributed by atoms with Crippen LogP contribution in [0, 0.1) is 6.92 Å². The third-order valence-electron chi connectivity index (χ3n) is 7.25. The van der Waals surface area contributed by atoms with Crippen molar-refractivity contribution >= 4 is 12.7 Å². The first-order valence-electron chi connectivity index (χ1n) is 12.2. The standard InChI is InChI=1S/C32H25O5P/c1-21-20-24(14-19-29(21)35)32(22-10-15-25(33)16-11-22,23-12-17-26(34)18-13-23)38(36)31-9-5-3-7-28(31)27-6-2-4-8-30(27)37-38/h2-20,33-35H,1H3. The van der Waals surface area contributed by atoms with Crippen molar-refractivity contribution in [2.24, 2.45) is 0 Å². The van der Waals surface area contributed by atoms with Gasteiger partial charge < -0.3 is 19.8 Å². The maximum absolute atomic E-state index is 16.0. The number of phenolic OH excluding ortho intramolecular Hbond substituents is 3. The molecule has 1 aliphatic heterocycles. The van der Waals surface area contributed by atoms with Crippen molar-refractivity contribution in [1.82, 2.24) is 0 Å². The van der Waals surface area contributed by atoms with Crippen molar-refractivity contribution in [3.63, 3.8) is 0 Å². The fourth-order valence-electron chi connectivity index (χ4n) is 5.46. The van der Waals surface area contributed by atoms with Crippen LogP contribution in [0.25, 0.3) is 11.1 Å². The average Bonchev–Trinajstić information content (AvgIpc) is 2.93. The van der Waals surface area contributed by atoms with Gasteiger partial charge in [0, 0.05) is 5.56 Å². The molecule has 5 nitrogen and oxygen atoms in total. The molecule has 0 radical (unpaired) electrons. The zero-order valence-electron chi connectivity index (χ0n) is 20.6. The van der Waals surface area contributed by atoms with E-state index in [1.165, 1.54) is 0 Å². The Hall–Kier alpha value is -4.47. The van der Waals surface area contributed by atoms with Gasteiger partial charge in [0.15, 0.2) is 0 Å². The first kappa shape index (κ1) is 23.9. The Bertz CT molecular complexity index is 1660. The van der Waals surface area contributed by atoms with E-state index in [-0.39, 0.29) is 17.2 Å². The van der Waals surface area contributed by atoms with Crippen LogP contribution >= 0.6 is 7.37 Å². The second kappa shape index (κ2) is 8.83. The van der Waals surface area contributed by atoms with Crippen LogP contribution < -0.4 is 9.83 Å². The SMILES string of the molecule is Cc1cc(C(c2ccc(O)cc2)(c2ccc(O)cc2)P2(=O)Oc3ccccc3-c3ccccc32)ccc1O. The molecule has 1 heterocycles. The van der Waals surface area contributed by atoms with E-state index in [2.05, 4.69) is 0 Å². The van der Waals surface area contributed by atoms with Gasteiger partial charge in [-0.3, -0.25) is 4.57 Å². The fraction of sp³-hybridized carbons (Fsp3) is 0.0625. The number of phenols is 3. The maximum Gasteiger partial charge on any atom is 0.296 e. The zero-order chi connectivity index (χ0) is 26.5. The molecular weight excluding hydrogens is 495 g/mol. The van der Waals surface area contributed by atoms with E-state index in [1.54, 1.807) is 67.6 Å². The van der Waals surface area contributed by atoms with Gasteiger partial charge in [-0.15, -0.1) is 0 Å². The number of fused-ring (bicyclic) bond motifs is 3. The first-order valence-corrected chi connectivity index (χ1v) is 13.8. The van der Waals surface area contributed by atoms with Gasteiger partial charge in [-0.2, -0.15) is 0 Å². The molecule has 5 aromatic carbocycles. The molecule has 5 aromatic rings. The van der Waals surface area contributed by atoms with Gasteiger partial charge in [0.25, 0.3) is 7.37 Å². The molecule has 1 aliphatic rings. The summed E-state index contributed by atoms with van der Waals surface area (Å²) < 4.78 is 22.7. The third-order valence-corrected chi connectivity index (χ3v) is 10.4. The maximum atomic E-state index is 16.0. The lowest BCUT2D eigenvalue weighted by Crippen LogP contribution is -2.38. The summed E-state index contributed by atoms with van der Waals surface area (Å²) in [6.45, 7) is 1.79. The number of para-hydroxylation sites is 1. The Kier molecular flexibility index (Phi) is 5.55. The summed E-state index contributed by atoms with van der Waals surface area (Å²) in [7, 11) is -3.95. The summed E-state index contributed by atoms with van der Waals surface area (Å²) in [6, 6.07) is 33.5. The van der Waals surface area contributed by atoms with Gasteiger partial charge in [0.1, 0.15) is 28.2 Å². The van der Waals surface area contributed by atoms with Crippen molar-refractivity contribution in [3.8, 4) is 34.1 Å². The van der Waals surface area contributed by atoms with Crippen LogP contribution in [0.5, 0.6) is 23.0 Å². The number of benzene rings is 5. The van der Waals surface area contributed by atoms with E-state index in [1.807, 2.05) is 54.6 Å². The van der Waals surface area contributed by atoms with Crippen LogP contribution in [0.3, 0.4) is 0 Å². The Morgan fingerprint density at radius 3 is 1.76 bits per heavy atom. The molecule has 0 aromatic heterocycles. The van der Waals surface area contributed by atoms with E-state index in [0.29, 0.717) is 33.3 Å². The monoisotopic (exact) mass is 520 g/mol. The smallest absolute Gasteiger partial charge is 0.296 e. The highest BCUT2D eigenvalue weighted by Crippen LogP contribution is 2.71. The average molecular weight is 521 g/mol. The van der Waals surface area contributed by atoms with Gasteiger partial charge in [0.2, 0.25) is 0 Å². The molecule has 1 unspecified atom stereocenters. The molecule has 0 bridgehead atoms. The quantitative estimate of drug-likeness (QED) is 0.174. The van der Waals surface area contributed by atoms with Crippen molar-refractivity contribution in [2.75, 3.05) is 0 Å². The lowest BCUT2D eigenvalue weighted by atomic mass is 9.83. The summed E-state index contributed by atoms with van der Waals surface area (Å²) >= 11 is 0. The molecule has 0 fully saturated rings. The van der Waals surface area contributed by atoms with Gasteiger partial charge in [0.05, 0.1) is 5.30 Å². The summed E-state index contributed by atoms with van der Waals surface area (Å²) in [5, 5.41) is 29.9. The molecule has 1 atom stereocenters. The van der Waals surface area contributed by atoms with Gasteiger partial charge in [-0.1, -0.05) is 72.8 Å². The van der Waals surface area contributed by atoms with Crippen LogP contribution in [0.2, 0.25) is 0 Å². The predicted octanol–water partition coefficient (Wildman–Crippen LogP) is 7.07. The van der Waals surface area contributed by atoms with Crippen LogP contribution in [0.1, 0.15) is 22.3 Å². The molecular formula is C32H25O5P. The predicted molar refractivity (Wildman–Crippen MR) is 149 cm³/mol. The fourth-order valence-corrected chi connectivity index (χ4v) is 8.74. The highest BCUT2D eigenvalue weighted by Gasteiger charge is 2.58. The molecule has 6 rings (SSSR count). The third kappa shape index (κ3) is 3.43. The Morgan fingerprint density at radius 1 is 0.632 bits per heavy atom. The normalized spacial score (nSPS) is 16.2. The minimum absolute atomic E-state index is 0.0730. The molecule has 38 heavy (non-hydrogen) atoms. The van der Waals surface area contributed by atoms with Crippen LogP contribution in [-0.2, 0) is 9.72 Å². The summed E-state index contributed by atoms with van der Waals surface area (Å²) in [5.41, 5.74) is 4.17. The first-order chi connectivity index (χ1) is 18.3. The van der Waals surface area contributed by atoms with Crippen molar-refractivity contribution in [1.29, 1.82) is 0 Å². The second-order valence-corrected chi connectivity index (χ2v) is 11.9. The van der Waals surface area contributed by atoms with E-state index >= 15 is 4.57 Å². The minimum Gasteiger partial charge on any atom is -0.508 e. The van der Waals surface area contributed by atoms with E-state index < -0.39 is 12.5 Å². The highest BCUT2D eigenvalue weighted by molar-refractivity contribution is 7.69. The zero-order valence-corrected chi connectivity index (χ0v) is 21.5. The van der Waals surface area contributed by atoms with E-state index in [4.69, 9.17) is 4.52 Å². The molecule has 0 saturated heterocycles. The van der Waals surface area contributed by atoms with E-state index in [9.17, 15) is 15.3 Å². The van der Waals surface area contributed by atoms with Crippen molar-refractivity contribution in [2.45, 2.75) is 12.1 Å². The van der Waals surface area contributed by atoms with Crippen LogP contribution in [0.4, 0.5) is 0 Å². The summed E-state index contributed by atoms with van der Waals surface area (Å²) in [5.74, 6) is 0.771. The van der Waals surface area contributed by atoms with Gasteiger partial charge >= 0.3 is 0 Å². The summed E-state index contributed by atoms with van der Waals surface area (Å²) in [4.78, 5) is 0. The van der Waals surface area contributed by atoms with Gasteiger partial charge in [-0.05, 0) is 77.2 Å². The lowest BCUT2D eigenvalue weighted by molar-refractivity contribution is 0.462. The van der Waals surface area contributed by atoms with Gasteiger partial charge in [-0.25, -0.2) is 0 Å². The number of hydrogen-bond acceptors (Lipinski definition) is 5. The number of rotatable bonds is 4. The molecule has 0 aliphatic carbocycles. The number of aryl methyl sites for hydroxylation is 1. The lowest BCUT2D eigenvalue weighted by Gasteiger charge is -2.44. The summed E-state index contributed by atoms with van der Waals surface area (Å²) in [6.07, 6.45) is 0. The molecule has 0 saturated carbocycles. The Balaban J connectivity index is 1.81. The Labute approximate surface area is 220 Å². The second-order valence-electron chi connectivity index (χ2n) is 9.46. The van der Waals surface area contributed by atoms with E-state index in [0.717, 1.165) is 11.1 Å². The van der Waals surface area contributed by atoms with Crippen molar-refractivity contribution in [3.05, 3.63) is 138 Å². The van der Waals surface area contributed by atoms with Crippen LogP contribution in [0.15, 0.2) is 115 Å². The highest BCUT2D eigenvalue weighted by atomic mass is 31.2.